The second kappa shape index (κ2) is 4.95. The molecule has 0 amide bonds. The van der Waals surface area contributed by atoms with Gasteiger partial charge in [-0.3, -0.25) is 4.68 Å². The molecule has 0 atom stereocenters. The van der Waals surface area contributed by atoms with E-state index in [0.717, 1.165) is 17.5 Å². The fourth-order valence-corrected chi connectivity index (χ4v) is 1.88. The van der Waals surface area contributed by atoms with Gasteiger partial charge in [0.05, 0.1) is 11.3 Å². The van der Waals surface area contributed by atoms with Crippen LogP contribution in [0.2, 0.25) is 0 Å². The average molecular weight is 269 g/mol. The summed E-state index contributed by atoms with van der Waals surface area (Å²) in [6.45, 7) is 3.90. The lowest BCUT2D eigenvalue weighted by Gasteiger charge is -2.14. The van der Waals surface area contributed by atoms with Crippen molar-refractivity contribution in [1.82, 2.24) is 9.78 Å². The van der Waals surface area contributed by atoms with Gasteiger partial charge < -0.3 is 5.32 Å². The van der Waals surface area contributed by atoms with Crippen LogP contribution < -0.4 is 5.32 Å². The van der Waals surface area contributed by atoms with Crippen molar-refractivity contribution >= 4 is 5.69 Å². The van der Waals surface area contributed by atoms with Gasteiger partial charge in [0, 0.05) is 11.4 Å². The molecular weight excluding hydrogens is 255 g/mol. The highest BCUT2D eigenvalue weighted by molar-refractivity contribution is 5.52. The predicted octanol–water partition coefficient (Wildman–Crippen LogP) is 3.59. The van der Waals surface area contributed by atoms with Crippen LogP contribution in [0, 0.1) is 13.8 Å². The van der Waals surface area contributed by atoms with Gasteiger partial charge in [-0.25, -0.2) is 0 Å². The van der Waals surface area contributed by atoms with Crippen LogP contribution in [0.1, 0.15) is 17.0 Å². The monoisotopic (exact) mass is 269 g/mol. The molecule has 0 spiro atoms. The molecule has 6 heteroatoms. The van der Waals surface area contributed by atoms with Crippen molar-refractivity contribution in [2.24, 2.45) is 0 Å². The van der Waals surface area contributed by atoms with Gasteiger partial charge in [-0.1, -0.05) is 12.1 Å². The molecule has 0 aliphatic rings. The molecule has 0 radical (unpaired) electrons. The molecule has 0 saturated heterocycles. The zero-order valence-electron chi connectivity index (χ0n) is 10.6. The Bertz CT molecular complexity index is 573. The van der Waals surface area contributed by atoms with Gasteiger partial charge in [-0.05, 0) is 32.0 Å². The van der Waals surface area contributed by atoms with Gasteiger partial charge in [0.15, 0.2) is 0 Å². The van der Waals surface area contributed by atoms with E-state index in [4.69, 9.17) is 0 Å². The van der Waals surface area contributed by atoms with Crippen molar-refractivity contribution in [3.63, 3.8) is 0 Å². The third-order valence-corrected chi connectivity index (χ3v) is 2.76. The predicted molar refractivity (Wildman–Crippen MR) is 66.8 cm³/mol. The van der Waals surface area contributed by atoms with Gasteiger partial charge >= 0.3 is 6.18 Å². The molecule has 0 bridgehead atoms. The number of aryl methyl sites for hydroxylation is 2. The summed E-state index contributed by atoms with van der Waals surface area (Å²) in [7, 11) is 0. The van der Waals surface area contributed by atoms with E-state index in [0.29, 0.717) is 0 Å². The van der Waals surface area contributed by atoms with Crippen LogP contribution in [0.25, 0.3) is 0 Å². The summed E-state index contributed by atoms with van der Waals surface area (Å²) < 4.78 is 40.0. The van der Waals surface area contributed by atoms with Crippen molar-refractivity contribution in [2.75, 3.05) is 5.32 Å². The van der Waals surface area contributed by atoms with E-state index >= 15 is 0 Å². The number of hydrogen-bond donors (Lipinski definition) is 1. The molecule has 0 fully saturated rings. The lowest BCUT2D eigenvalue weighted by Crippen LogP contribution is -2.15. The van der Waals surface area contributed by atoms with Crippen LogP contribution in [0.15, 0.2) is 30.3 Å². The van der Waals surface area contributed by atoms with Gasteiger partial charge in [-0.15, -0.1) is 0 Å². The standard InChI is InChI=1S/C13H14F3N3/c1-9-7-10(2)19(18-9)8-17-12-6-4-3-5-11(12)13(14,15)16/h3-7,17H,8H2,1-2H3. The third kappa shape index (κ3) is 3.07. The van der Waals surface area contributed by atoms with E-state index in [1.54, 1.807) is 10.7 Å². The van der Waals surface area contributed by atoms with Gasteiger partial charge in [0.25, 0.3) is 0 Å². The molecule has 2 aromatic rings. The highest BCUT2D eigenvalue weighted by Crippen LogP contribution is 2.34. The first-order valence-corrected chi connectivity index (χ1v) is 5.79. The number of benzene rings is 1. The van der Waals surface area contributed by atoms with E-state index in [1.165, 1.54) is 12.1 Å². The maximum atomic E-state index is 12.8. The van der Waals surface area contributed by atoms with Crippen LogP contribution in [-0.4, -0.2) is 9.78 Å². The van der Waals surface area contributed by atoms with Gasteiger partial charge in [0.1, 0.15) is 6.67 Å². The fourth-order valence-electron chi connectivity index (χ4n) is 1.88. The molecule has 3 nitrogen and oxygen atoms in total. The molecule has 0 aliphatic carbocycles. The number of aromatic nitrogens is 2. The Morgan fingerprint density at radius 2 is 1.89 bits per heavy atom. The molecule has 0 saturated carbocycles. The Morgan fingerprint density at radius 3 is 2.47 bits per heavy atom. The summed E-state index contributed by atoms with van der Waals surface area (Å²) in [5, 5.41) is 6.96. The van der Waals surface area contributed by atoms with Crippen molar-refractivity contribution in [1.29, 1.82) is 0 Å². The maximum absolute atomic E-state index is 12.8. The number of hydrogen-bond acceptors (Lipinski definition) is 2. The van der Waals surface area contributed by atoms with Crippen molar-refractivity contribution in [3.05, 3.63) is 47.3 Å². The summed E-state index contributed by atoms with van der Waals surface area (Å²) in [6.07, 6.45) is -4.36. The highest BCUT2D eigenvalue weighted by Gasteiger charge is 2.33. The van der Waals surface area contributed by atoms with Crippen molar-refractivity contribution in [2.45, 2.75) is 26.7 Å². The molecule has 102 valence electrons. The zero-order valence-corrected chi connectivity index (χ0v) is 10.6. The molecule has 2 rings (SSSR count). The van der Waals surface area contributed by atoms with Gasteiger partial charge in [0.2, 0.25) is 0 Å². The van der Waals surface area contributed by atoms with Crippen molar-refractivity contribution in [3.8, 4) is 0 Å². The minimum atomic E-state index is -4.36. The van der Waals surface area contributed by atoms with Crippen LogP contribution in [0.5, 0.6) is 0 Å². The molecule has 0 aliphatic heterocycles. The van der Waals surface area contributed by atoms with E-state index in [1.807, 2.05) is 19.9 Å². The second-order valence-electron chi connectivity index (χ2n) is 4.30. The number of nitrogens with zero attached hydrogens (tertiary/aromatic N) is 2. The third-order valence-electron chi connectivity index (χ3n) is 2.76. The molecular formula is C13H14F3N3. The number of alkyl halides is 3. The number of nitrogens with one attached hydrogen (secondary N) is 1. The van der Waals surface area contributed by atoms with E-state index < -0.39 is 11.7 Å². The maximum Gasteiger partial charge on any atom is 0.418 e. The number of anilines is 1. The van der Waals surface area contributed by atoms with E-state index in [2.05, 4.69) is 10.4 Å². The fraction of sp³-hybridized carbons (Fsp3) is 0.308. The average Bonchev–Trinajstić information content (AvgIpc) is 2.64. The van der Waals surface area contributed by atoms with Crippen molar-refractivity contribution < 1.29 is 13.2 Å². The Kier molecular flexibility index (Phi) is 3.50. The SMILES string of the molecule is Cc1cc(C)n(CNc2ccccc2C(F)(F)F)n1. The second-order valence-corrected chi connectivity index (χ2v) is 4.30. The Hall–Kier alpha value is -1.98. The normalized spacial score (nSPS) is 11.6. The van der Waals surface area contributed by atoms with Gasteiger partial charge in [-0.2, -0.15) is 18.3 Å². The van der Waals surface area contributed by atoms with E-state index in [-0.39, 0.29) is 12.4 Å². The van der Waals surface area contributed by atoms with Crippen LogP contribution in [0.4, 0.5) is 18.9 Å². The first-order chi connectivity index (χ1) is 8.88. The summed E-state index contributed by atoms with van der Waals surface area (Å²) in [6, 6.07) is 7.28. The first-order valence-electron chi connectivity index (χ1n) is 5.79. The molecule has 1 N–H and O–H groups in total. The van der Waals surface area contributed by atoms with Crippen LogP contribution in [-0.2, 0) is 12.8 Å². The minimum Gasteiger partial charge on any atom is -0.366 e. The summed E-state index contributed by atoms with van der Waals surface area (Å²) in [5.41, 5.74) is 1.12. The lowest BCUT2D eigenvalue weighted by molar-refractivity contribution is -0.137. The van der Waals surface area contributed by atoms with Crippen LogP contribution in [0.3, 0.4) is 0 Å². The molecule has 19 heavy (non-hydrogen) atoms. The highest BCUT2D eigenvalue weighted by atomic mass is 19.4. The quantitative estimate of drug-likeness (QED) is 0.922. The topological polar surface area (TPSA) is 29.9 Å². The smallest absolute Gasteiger partial charge is 0.366 e. The largest absolute Gasteiger partial charge is 0.418 e. The summed E-state index contributed by atoms with van der Waals surface area (Å²) in [5.74, 6) is 0. The molecule has 1 heterocycles. The zero-order chi connectivity index (χ0) is 14.0. The minimum absolute atomic E-state index is 0.0579. The Labute approximate surface area is 109 Å². The number of halogens is 3. The Balaban J connectivity index is 2.18. The molecule has 0 unspecified atom stereocenters. The van der Waals surface area contributed by atoms with E-state index in [9.17, 15) is 13.2 Å². The summed E-state index contributed by atoms with van der Waals surface area (Å²) in [4.78, 5) is 0. The van der Waals surface area contributed by atoms with Crippen LogP contribution >= 0.6 is 0 Å². The summed E-state index contributed by atoms with van der Waals surface area (Å²) >= 11 is 0. The molecule has 1 aromatic carbocycles. The Morgan fingerprint density at radius 1 is 1.21 bits per heavy atom. The number of rotatable bonds is 3. The first kappa shape index (κ1) is 13.5. The lowest BCUT2D eigenvalue weighted by atomic mass is 10.2. The molecule has 1 aromatic heterocycles. The number of para-hydroxylation sites is 1.